The number of aliphatic hydroxyl groups excluding tert-OH is 4. The number of ether oxygens (including phenoxy) is 1. The second kappa shape index (κ2) is 13.3. The summed E-state index contributed by atoms with van der Waals surface area (Å²) in [7, 11) is 2.95. The summed E-state index contributed by atoms with van der Waals surface area (Å²) in [6.07, 6.45) is -8.78. The van der Waals surface area contributed by atoms with Crippen molar-refractivity contribution < 1.29 is 44.3 Å². The molecule has 0 spiro atoms. The molecule has 0 aliphatic heterocycles. The van der Waals surface area contributed by atoms with Crippen LogP contribution in [-0.4, -0.2) is 89.7 Å². The van der Waals surface area contributed by atoms with Crippen LogP contribution in [0.4, 0.5) is 16.2 Å². The zero-order valence-corrected chi connectivity index (χ0v) is 24.0. The Bertz CT molecular complexity index is 931. The molecule has 6 N–H and O–H groups in total. The molecule has 0 aliphatic rings. The molecule has 33 heavy (non-hydrogen) atoms. The minimum absolute atomic E-state index is 0.0193. The van der Waals surface area contributed by atoms with Crippen molar-refractivity contribution >= 4 is 103 Å². The van der Waals surface area contributed by atoms with E-state index in [-0.39, 0.29) is 23.4 Å². The Morgan fingerprint density at radius 3 is 2.12 bits per heavy atom. The zero-order valence-electron chi connectivity index (χ0n) is 17.5. The van der Waals surface area contributed by atoms with E-state index in [1.165, 1.54) is 25.9 Å². The van der Waals surface area contributed by atoms with Gasteiger partial charge < -0.3 is 40.2 Å². The molecule has 1 aromatic carbocycles. The molecule has 0 aromatic heterocycles. The maximum absolute atomic E-state index is 12.5. The Morgan fingerprint density at radius 2 is 1.64 bits per heavy atom. The van der Waals surface area contributed by atoms with Gasteiger partial charge in [0.05, 0.1) is 27.6 Å². The number of benzene rings is 1. The van der Waals surface area contributed by atoms with Crippen LogP contribution in [0.15, 0.2) is 0 Å². The summed E-state index contributed by atoms with van der Waals surface area (Å²) in [6.45, 7) is 0.559. The first-order chi connectivity index (χ1) is 15.3. The smallest absolute Gasteiger partial charge is 0.411 e. The van der Waals surface area contributed by atoms with E-state index in [4.69, 9.17) is 4.74 Å². The Labute approximate surface area is 229 Å². The van der Waals surface area contributed by atoms with Gasteiger partial charge >= 0.3 is 6.09 Å². The van der Waals surface area contributed by atoms with E-state index < -0.39 is 43.0 Å². The number of amides is 3. The molecule has 3 amide bonds. The molecule has 0 radical (unpaired) electrons. The molecule has 0 saturated heterocycles. The van der Waals surface area contributed by atoms with Gasteiger partial charge in [-0.05, 0) is 67.8 Å². The van der Waals surface area contributed by atoms with E-state index in [2.05, 4.69) is 10.6 Å². The van der Waals surface area contributed by atoms with Crippen LogP contribution >= 0.6 is 67.8 Å². The van der Waals surface area contributed by atoms with Gasteiger partial charge in [-0.25, -0.2) is 4.79 Å². The van der Waals surface area contributed by atoms with E-state index in [9.17, 15) is 39.6 Å². The predicted octanol–water partition coefficient (Wildman–Crippen LogP) is 0.0337. The van der Waals surface area contributed by atoms with Crippen LogP contribution in [0.1, 0.15) is 17.3 Å². The number of hydrogen-bond donors (Lipinski definition) is 6. The Kier molecular flexibility index (Phi) is 12.1. The molecule has 0 fully saturated rings. The van der Waals surface area contributed by atoms with Crippen LogP contribution in [0.2, 0.25) is 0 Å². The second-order valence-electron chi connectivity index (χ2n) is 6.60. The molecule has 1 aromatic rings. The fraction of sp³-hybridized carbons (Fsp3) is 0.444. The topological polar surface area (TPSA) is 186 Å². The van der Waals surface area contributed by atoms with E-state index in [0.717, 1.165) is 0 Å². The molecule has 0 heterocycles. The first kappa shape index (κ1) is 30.2. The van der Waals surface area contributed by atoms with E-state index >= 15 is 0 Å². The average Bonchev–Trinajstić information content (AvgIpc) is 2.78. The molecule has 15 heteroatoms. The van der Waals surface area contributed by atoms with Crippen molar-refractivity contribution in [3.63, 3.8) is 0 Å². The van der Waals surface area contributed by atoms with E-state index in [0.29, 0.717) is 16.4 Å². The van der Waals surface area contributed by atoms with Crippen molar-refractivity contribution in [3.05, 3.63) is 16.3 Å². The molecule has 0 aliphatic carbocycles. The summed E-state index contributed by atoms with van der Waals surface area (Å²) in [5, 5.41) is 43.4. The van der Waals surface area contributed by atoms with Crippen LogP contribution in [0.3, 0.4) is 0 Å². The van der Waals surface area contributed by atoms with Crippen LogP contribution in [0, 0.1) is 10.7 Å². The first-order valence-electron chi connectivity index (χ1n) is 9.08. The van der Waals surface area contributed by atoms with E-state index in [1.54, 1.807) is 0 Å². The lowest BCUT2D eigenvalue weighted by atomic mass is 10.0. The molecular formula is C18H22I3N3O9. The van der Waals surface area contributed by atoms with Crippen molar-refractivity contribution in [2.75, 3.05) is 30.9 Å². The molecule has 1 rings (SSSR count). The number of nitrogens with one attached hydrogen (secondary N) is 2. The van der Waals surface area contributed by atoms with Crippen molar-refractivity contribution in [1.82, 2.24) is 5.32 Å². The van der Waals surface area contributed by atoms with Gasteiger partial charge in [-0.15, -0.1) is 0 Å². The number of nitrogens with zero attached hydrogens (tertiary/aromatic N) is 1. The van der Waals surface area contributed by atoms with Gasteiger partial charge in [0.1, 0.15) is 31.0 Å². The summed E-state index contributed by atoms with van der Waals surface area (Å²) in [5.41, 5.74) is 0.785. The van der Waals surface area contributed by atoms with Crippen LogP contribution in [-0.2, 0) is 14.3 Å². The first-order valence-corrected chi connectivity index (χ1v) is 12.3. The largest absolute Gasteiger partial charge is 0.446 e. The average molecular weight is 805 g/mol. The summed E-state index contributed by atoms with van der Waals surface area (Å²) >= 11 is 5.72. The number of aliphatic hydroxyl groups is 4. The van der Waals surface area contributed by atoms with Crippen LogP contribution in [0.25, 0.3) is 0 Å². The fourth-order valence-corrected chi connectivity index (χ4v) is 7.09. The lowest BCUT2D eigenvalue weighted by Gasteiger charge is -2.25. The standard InChI is InChI=1S/C18H22I3N3O9/c1-6(26)24(3)14-11(20)9(17(31)22-2)10(19)13(12(14)21)23-18(32)33-5-8(28)16(30)15(29)7(27)4-25/h4,7-8,15-16,27-30H,5H2,1-3H3,(H,22,31)(H,23,32)/t7-,8+,15+,16-/m0/s1. The molecule has 12 nitrogen and oxygen atoms in total. The van der Waals surface area contributed by atoms with Crippen molar-refractivity contribution in [3.8, 4) is 0 Å². The highest BCUT2D eigenvalue weighted by molar-refractivity contribution is 14.1. The van der Waals surface area contributed by atoms with E-state index in [1.807, 2.05) is 67.8 Å². The molecule has 0 unspecified atom stereocenters. The minimum Gasteiger partial charge on any atom is -0.446 e. The molecule has 184 valence electrons. The highest BCUT2D eigenvalue weighted by Crippen LogP contribution is 2.40. The number of carbonyl (C=O) groups excluding carboxylic acids is 4. The van der Waals surface area contributed by atoms with Gasteiger partial charge in [0, 0.05) is 21.0 Å². The summed E-state index contributed by atoms with van der Waals surface area (Å²) in [6, 6.07) is 0. The van der Waals surface area contributed by atoms with Crippen LogP contribution in [0.5, 0.6) is 0 Å². The zero-order chi connectivity index (χ0) is 25.6. The second-order valence-corrected chi connectivity index (χ2v) is 9.83. The van der Waals surface area contributed by atoms with Gasteiger partial charge in [-0.1, -0.05) is 0 Å². The lowest BCUT2D eigenvalue weighted by molar-refractivity contribution is -0.136. The lowest BCUT2D eigenvalue weighted by Crippen LogP contribution is -2.47. The number of aldehydes is 1. The van der Waals surface area contributed by atoms with Gasteiger partial charge in [-0.3, -0.25) is 14.9 Å². The fourth-order valence-electron chi connectivity index (χ4n) is 2.44. The van der Waals surface area contributed by atoms with Crippen molar-refractivity contribution in [2.45, 2.75) is 31.3 Å². The Hall–Kier alpha value is -0.870. The summed E-state index contributed by atoms with van der Waals surface area (Å²) in [4.78, 5) is 48.6. The number of hydrogen-bond acceptors (Lipinski definition) is 9. The molecular weight excluding hydrogens is 783 g/mol. The maximum atomic E-state index is 12.5. The Morgan fingerprint density at radius 1 is 1.06 bits per heavy atom. The third-order valence-electron chi connectivity index (χ3n) is 4.40. The van der Waals surface area contributed by atoms with Crippen molar-refractivity contribution in [2.24, 2.45) is 0 Å². The van der Waals surface area contributed by atoms with Gasteiger partial charge in [0.15, 0.2) is 6.29 Å². The highest BCUT2D eigenvalue weighted by Gasteiger charge is 2.32. The number of halogens is 3. The maximum Gasteiger partial charge on any atom is 0.411 e. The molecule has 0 bridgehead atoms. The summed E-state index contributed by atoms with van der Waals surface area (Å²) in [5.74, 6) is -0.757. The summed E-state index contributed by atoms with van der Waals surface area (Å²) < 4.78 is 6.16. The SMILES string of the molecule is CNC(=O)c1c(I)c(NC(=O)OC[C@@H](O)[C@H](O)[C@H](O)[C@@H](O)C=O)c(I)c(N(C)C(C)=O)c1I. The third-order valence-corrected chi connectivity index (χ3v) is 7.58. The molecule has 0 saturated carbocycles. The molecule has 4 atom stereocenters. The van der Waals surface area contributed by atoms with Gasteiger partial charge in [0.2, 0.25) is 5.91 Å². The quantitative estimate of drug-likeness (QED) is 0.148. The third kappa shape index (κ3) is 7.31. The number of rotatable bonds is 9. The minimum atomic E-state index is -1.98. The normalized spacial score (nSPS) is 14.5. The predicted molar refractivity (Wildman–Crippen MR) is 142 cm³/mol. The van der Waals surface area contributed by atoms with Crippen molar-refractivity contribution in [1.29, 1.82) is 0 Å². The number of anilines is 2. The Balaban J connectivity index is 3.22. The highest BCUT2D eigenvalue weighted by atomic mass is 127. The van der Waals surface area contributed by atoms with Crippen LogP contribution < -0.4 is 15.5 Å². The van der Waals surface area contributed by atoms with Gasteiger partial charge in [-0.2, -0.15) is 0 Å². The van der Waals surface area contributed by atoms with Gasteiger partial charge in [0.25, 0.3) is 5.91 Å². The number of carbonyl (C=O) groups is 4. The monoisotopic (exact) mass is 805 g/mol.